The Bertz CT molecular complexity index is 1260. The molecule has 0 saturated heterocycles. The van der Waals surface area contributed by atoms with Crippen molar-refractivity contribution in [2.24, 2.45) is 4.99 Å². The van der Waals surface area contributed by atoms with E-state index in [1.807, 2.05) is 6.92 Å². The molecule has 1 aliphatic heterocycles. The Hall–Kier alpha value is -3.13. The maximum Gasteiger partial charge on any atom is 0.213 e. The van der Waals surface area contributed by atoms with Crippen LogP contribution in [0.25, 0.3) is 5.00 Å². The van der Waals surface area contributed by atoms with Crippen molar-refractivity contribution in [1.29, 1.82) is 0 Å². The fraction of sp³-hybridized carbons (Fsp3) is 0.348. The van der Waals surface area contributed by atoms with E-state index in [-0.39, 0.29) is 6.04 Å². The molecule has 0 fully saturated rings. The van der Waals surface area contributed by atoms with E-state index in [0.29, 0.717) is 18.2 Å². The second kappa shape index (κ2) is 7.53. The van der Waals surface area contributed by atoms with E-state index in [9.17, 15) is 0 Å². The van der Waals surface area contributed by atoms with Crippen LogP contribution in [0.4, 0.5) is 0 Å². The molecule has 0 aliphatic carbocycles. The van der Waals surface area contributed by atoms with Crippen molar-refractivity contribution < 1.29 is 4.52 Å². The summed E-state index contributed by atoms with van der Waals surface area (Å²) in [7, 11) is 0. The fourth-order valence-electron chi connectivity index (χ4n) is 4.01. The standard InChI is InChI=1S/C23H24N6OS/c1-12(2)16-6-8-17(9-7-16)21-20-13(3)14(4)31-23(20)29-15(5)26-27-22(29)18(25-21)10-19-24-11-30-28-19/h6-9,11-12,18H,10H2,1-5H3/t18-/m0/s1. The van der Waals surface area contributed by atoms with Crippen molar-refractivity contribution in [3.63, 3.8) is 0 Å². The van der Waals surface area contributed by atoms with Gasteiger partial charge in [-0.3, -0.25) is 9.56 Å². The predicted octanol–water partition coefficient (Wildman–Crippen LogP) is 4.90. The van der Waals surface area contributed by atoms with Gasteiger partial charge in [0.25, 0.3) is 0 Å². The van der Waals surface area contributed by atoms with Crippen molar-refractivity contribution in [1.82, 2.24) is 24.9 Å². The van der Waals surface area contributed by atoms with Gasteiger partial charge < -0.3 is 4.52 Å². The van der Waals surface area contributed by atoms with Crippen molar-refractivity contribution in [2.75, 3.05) is 0 Å². The van der Waals surface area contributed by atoms with Gasteiger partial charge in [0, 0.05) is 22.4 Å². The van der Waals surface area contributed by atoms with Crippen LogP contribution in [0.3, 0.4) is 0 Å². The minimum absolute atomic E-state index is 0.266. The first-order chi connectivity index (χ1) is 14.9. The molecule has 1 atom stereocenters. The molecule has 4 heterocycles. The van der Waals surface area contributed by atoms with Crippen LogP contribution in [-0.2, 0) is 6.42 Å². The number of nitrogens with zero attached hydrogens (tertiary/aromatic N) is 6. The zero-order chi connectivity index (χ0) is 21.7. The monoisotopic (exact) mass is 432 g/mol. The lowest BCUT2D eigenvalue weighted by Crippen LogP contribution is -2.10. The molecule has 0 amide bonds. The van der Waals surface area contributed by atoms with Crippen LogP contribution in [0.1, 0.15) is 70.4 Å². The van der Waals surface area contributed by atoms with Crippen LogP contribution in [0.5, 0.6) is 0 Å². The number of thiophene rings is 1. The molecule has 0 unspecified atom stereocenters. The normalized spacial score (nSPS) is 15.5. The van der Waals surface area contributed by atoms with Gasteiger partial charge in [-0.05, 0) is 37.8 Å². The van der Waals surface area contributed by atoms with E-state index in [2.05, 4.69) is 76.9 Å². The topological polar surface area (TPSA) is 82.0 Å². The molecule has 0 saturated carbocycles. The van der Waals surface area contributed by atoms with E-state index < -0.39 is 0 Å². The third kappa shape index (κ3) is 3.31. The molecule has 0 spiro atoms. The van der Waals surface area contributed by atoms with Crippen LogP contribution in [0.2, 0.25) is 0 Å². The molecule has 0 radical (unpaired) electrons. The molecular weight excluding hydrogens is 408 g/mol. The van der Waals surface area contributed by atoms with Crippen LogP contribution in [0, 0.1) is 20.8 Å². The highest BCUT2D eigenvalue weighted by Gasteiger charge is 2.32. The van der Waals surface area contributed by atoms with Gasteiger partial charge in [-0.1, -0.05) is 43.3 Å². The quantitative estimate of drug-likeness (QED) is 0.458. The van der Waals surface area contributed by atoms with Gasteiger partial charge in [-0.2, -0.15) is 4.98 Å². The predicted molar refractivity (Wildman–Crippen MR) is 120 cm³/mol. The highest BCUT2D eigenvalue weighted by molar-refractivity contribution is 7.15. The third-order valence-electron chi connectivity index (χ3n) is 5.87. The maximum absolute atomic E-state index is 5.24. The minimum atomic E-state index is -0.266. The number of fused-ring (bicyclic) bond motifs is 3. The first kappa shape index (κ1) is 19.8. The molecule has 1 aromatic carbocycles. The number of hydrogen-bond acceptors (Lipinski definition) is 7. The summed E-state index contributed by atoms with van der Waals surface area (Å²) in [5.74, 6) is 2.74. The van der Waals surface area contributed by atoms with Crippen molar-refractivity contribution in [3.05, 3.63) is 75.3 Å². The fourth-order valence-corrected chi connectivity index (χ4v) is 5.22. The van der Waals surface area contributed by atoms with Crippen molar-refractivity contribution in [3.8, 4) is 5.00 Å². The highest BCUT2D eigenvalue weighted by Crippen LogP contribution is 2.39. The zero-order valence-corrected chi connectivity index (χ0v) is 19.1. The second-order valence-electron chi connectivity index (χ2n) is 8.23. The summed E-state index contributed by atoms with van der Waals surface area (Å²) in [6.07, 6.45) is 1.84. The highest BCUT2D eigenvalue weighted by atomic mass is 32.1. The molecule has 7 nitrogen and oxygen atoms in total. The number of aryl methyl sites for hydroxylation is 2. The van der Waals surface area contributed by atoms with Crippen molar-refractivity contribution in [2.45, 2.75) is 53.0 Å². The van der Waals surface area contributed by atoms with E-state index in [1.54, 1.807) is 11.3 Å². The van der Waals surface area contributed by atoms with Gasteiger partial charge in [-0.15, -0.1) is 21.5 Å². The number of aromatic nitrogens is 5. The van der Waals surface area contributed by atoms with E-state index >= 15 is 0 Å². The van der Waals surface area contributed by atoms with Gasteiger partial charge in [0.2, 0.25) is 6.39 Å². The van der Waals surface area contributed by atoms with Crippen LogP contribution < -0.4 is 0 Å². The molecule has 158 valence electrons. The third-order valence-corrected chi connectivity index (χ3v) is 7.07. The lowest BCUT2D eigenvalue weighted by atomic mass is 9.96. The molecule has 0 bridgehead atoms. The zero-order valence-electron chi connectivity index (χ0n) is 18.2. The molecule has 3 aromatic heterocycles. The minimum Gasteiger partial charge on any atom is -0.343 e. The van der Waals surface area contributed by atoms with Crippen molar-refractivity contribution >= 4 is 17.0 Å². The summed E-state index contributed by atoms with van der Waals surface area (Å²) >= 11 is 1.76. The smallest absolute Gasteiger partial charge is 0.213 e. The first-order valence-electron chi connectivity index (χ1n) is 10.4. The molecular formula is C23H24N6OS. The Morgan fingerprint density at radius 2 is 1.87 bits per heavy atom. The number of aliphatic imine (C=N–C) groups is 1. The first-order valence-corrected chi connectivity index (χ1v) is 11.2. The molecule has 31 heavy (non-hydrogen) atoms. The summed E-state index contributed by atoms with van der Waals surface area (Å²) in [6.45, 7) is 10.7. The van der Waals surface area contributed by atoms with Crippen LogP contribution in [-0.4, -0.2) is 30.6 Å². The van der Waals surface area contributed by atoms with E-state index in [1.165, 1.54) is 22.4 Å². The summed E-state index contributed by atoms with van der Waals surface area (Å²) in [4.78, 5) is 10.7. The Balaban J connectivity index is 1.74. The second-order valence-corrected chi connectivity index (χ2v) is 9.43. The van der Waals surface area contributed by atoms with Crippen LogP contribution >= 0.6 is 11.3 Å². The average molecular weight is 433 g/mol. The summed E-state index contributed by atoms with van der Waals surface area (Å²) < 4.78 is 7.10. The van der Waals surface area contributed by atoms with Gasteiger partial charge in [0.15, 0.2) is 11.6 Å². The average Bonchev–Trinajstić information content (AvgIpc) is 3.44. The van der Waals surface area contributed by atoms with Gasteiger partial charge in [-0.25, -0.2) is 0 Å². The molecule has 8 heteroatoms. The Morgan fingerprint density at radius 1 is 1.10 bits per heavy atom. The number of rotatable bonds is 4. The SMILES string of the molecule is Cc1sc2c(c1C)C(c1ccc(C(C)C)cc1)=N[C@@H](Cc1ncon1)c1nnc(C)n1-2. The summed E-state index contributed by atoms with van der Waals surface area (Å²) in [6, 6.07) is 8.48. The van der Waals surface area contributed by atoms with E-state index in [4.69, 9.17) is 9.52 Å². The van der Waals surface area contributed by atoms with E-state index in [0.717, 1.165) is 33.5 Å². The number of benzene rings is 1. The van der Waals surface area contributed by atoms with Gasteiger partial charge in [0.05, 0.1) is 5.71 Å². The summed E-state index contributed by atoms with van der Waals surface area (Å²) in [5.41, 5.74) is 5.78. The molecule has 1 aliphatic rings. The maximum atomic E-state index is 5.24. The lowest BCUT2D eigenvalue weighted by Gasteiger charge is -2.12. The van der Waals surface area contributed by atoms with Crippen LogP contribution in [0.15, 0.2) is 40.2 Å². The molecule has 5 rings (SSSR count). The Kier molecular flexibility index (Phi) is 4.81. The Morgan fingerprint density at radius 3 is 2.55 bits per heavy atom. The Labute approximate surface area is 184 Å². The largest absolute Gasteiger partial charge is 0.343 e. The van der Waals surface area contributed by atoms with Gasteiger partial charge in [0.1, 0.15) is 16.9 Å². The molecule has 4 aromatic rings. The molecule has 0 N–H and O–H groups in total. The summed E-state index contributed by atoms with van der Waals surface area (Å²) in [5, 5.41) is 14.0. The lowest BCUT2D eigenvalue weighted by molar-refractivity contribution is 0.407. The van der Waals surface area contributed by atoms with Gasteiger partial charge >= 0.3 is 0 Å². The number of hydrogen-bond donors (Lipinski definition) is 0.